The molecule has 0 aliphatic carbocycles. The molecule has 2 saturated heterocycles. The predicted molar refractivity (Wildman–Crippen MR) is 308 cm³/mol. The van der Waals surface area contributed by atoms with Crippen LogP contribution in [0.1, 0.15) is 70.7 Å². The smallest absolute Gasteiger partial charge is 0.335 e. The number of carbonyl (C=O) groups excluding carboxylic acids is 3. The monoisotopic (exact) mass is 1270 g/mol. The summed E-state index contributed by atoms with van der Waals surface area (Å²) >= 11 is 5.25. The molecule has 0 spiro atoms. The number of Topliss-reactive ketones (excluding diaryl/α,β-unsaturated/α-hetero) is 1. The van der Waals surface area contributed by atoms with Gasteiger partial charge in [-0.05, 0) is 42.0 Å². The summed E-state index contributed by atoms with van der Waals surface area (Å²) in [5.41, 5.74) is 8.80. The Labute approximate surface area is 500 Å². The quantitative estimate of drug-likeness (QED) is 0.0368. The van der Waals surface area contributed by atoms with Crippen LogP contribution in [0.3, 0.4) is 0 Å². The number of benzene rings is 3. The molecule has 436 valence electrons. The Kier molecular flexibility index (Phi) is 23.2. The number of ketones is 1. The van der Waals surface area contributed by atoms with Crippen LogP contribution in [0.2, 0.25) is 0 Å². The fourth-order valence-electron chi connectivity index (χ4n) is 5.66. The van der Waals surface area contributed by atoms with Crippen molar-refractivity contribution in [3.8, 4) is 0 Å². The van der Waals surface area contributed by atoms with Gasteiger partial charge in [0.05, 0.1) is 88.9 Å². The highest BCUT2D eigenvalue weighted by Gasteiger charge is 2.23. The van der Waals surface area contributed by atoms with E-state index in [1.807, 2.05) is 89.7 Å². The number of β-amino-alcohol motifs (C(OH)–C–C–N with tert-alkyl or cyclic N) is 1. The minimum absolute atomic E-state index is 0.122. The van der Waals surface area contributed by atoms with Crippen molar-refractivity contribution in [1.29, 1.82) is 0 Å². The Morgan fingerprint density at radius 2 is 1.22 bits per heavy atom. The first-order valence-corrected chi connectivity index (χ1v) is 26.5. The van der Waals surface area contributed by atoms with Crippen molar-refractivity contribution in [2.75, 3.05) is 85.7 Å². The summed E-state index contributed by atoms with van der Waals surface area (Å²) in [6.07, 6.45) is -2.48. The first-order valence-electron chi connectivity index (χ1n) is 31.1. The fourth-order valence-corrected chi connectivity index (χ4v) is 6.12. The van der Waals surface area contributed by atoms with Gasteiger partial charge in [0.1, 0.15) is 5.82 Å². The second-order valence-electron chi connectivity index (χ2n) is 15.7. The summed E-state index contributed by atoms with van der Waals surface area (Å²) in [7, 11) is -1.37. The van der Waals surface area contributed by atoms with Gasteiger partial charge in [-0.1, -0.05) is 123 Å². The van der Waals surface area contributed by atoms with E-state index < -0.39 is 115 Å². The number of anilines is 3. The molecule has 0 amide bonds. The lowest BCUT2D eigenvalue weighted by Crippen LogP contribution is -2.25. The highest BCUT2D eigenvalue weighted by Crippen LogP contribution is 2.19. The largest absolute Gasteiger partial charge is 0.469 e. The molecule has 5 heterocycles. The minimum atomic E-state index is -3.67. The standard InChI is InChI=1S/C14H17N3O.C14H15N3O.C10H11N3.C6H10O5.C4H8Br2O.C4H10O3.CH4O3S/c2*18-13-6-8-16(11-13)14-7-9-17(15-14)10-12-4-2-1-3-5-12;11-10-6-7-13(12-10)8-9-4-2-1-3-5-9;1-10-5(8)3-4(7)6(9)11-2;2*5-2-1-4(7)3-6;1-5(2,3)4/h1-5,7,9,13,18H,6,8,10-11H2;1-5,7,9H,6,8,10-11H2;1-7H,8H2,(H2,11,12);4,7H,3H2,1-2H3;4,7H,1-3H2;4-7H,1-3H2;1H3,(H,2,3,4)/i2*8D2,11D2;;;2*2D2,3D2;. The lowest BCUT2D eigenvalue weighted by Gasteiger charge is -2.13. The number of esters is 2. The molecular formula is C53H75Br2N9O14S. The van der Waals surface area contributed by atoms with Gasteiger partial charge in [0.2, 0.25) is 0 Å². The Bertz CT molecular complexity index is 3390. The van der Waals surface area contributed by atoms with Gasteiger partial charge >= 0.3 is 11.9 Å². The topological polar surface area (TPSA) is 331 Å². The summed E-state index contributed by atoms with van der Waals surface area (Å²) in [5, 5.41) is 62.2. The number of methoxy groups -OCH3 is 2. The number of aliphatic hydroxyl groups is 6. The second kappa shape index (κ2) is 39.3. The molecule has 0 bridgehead atoms. The van der Waals surface area contributed by atoms with Crippen molar-refractivity contribution in [2.45, 2.75) is 76.2 Å². The van der Waals surface area contributed by atoms with E-state index in [4.69, 9.17) is 57.8 Å². The van der Waals surface area contributed by atoms with Gasteiger partial charge in [0, 0.05) is 84.7 Å². The van der Waals surface area contributed by atoms with Crippen LogP contribution >= 0.6 is 31.9 Å². The maximum Gasteiger partial charge on any atom is 0.335 e. The molecule has 23 nitrogen and oxygen atoms in total. The highest BCUT2D eigenvalue weighted by atomic mass is 79.9. The predicted octanol–water partition coefficient (Wildman–Crippen LogP) is 3.56. The summed E-state index contributed by atoms with van der Waals surface area (Å²) in [6, 6.07) is 34.4. The van der Waals surface area contributed by atoms with Gasteiger partial charge in [-0.15, -0.1) is 0 Å². The molecule has 4 unspecified atom stereocenters. The number of hydrogen-bond donors (Lipinski definition) is 8. The number of hydrogen-bond acceptors (Lipinski definition) is 19. The van der Waals surface area contributed by atoms with Gasteiger partial charge in [0.15, 0.2) is 23.5 Å². The average molecular weight is 1270 g/mol. The van der Waals surface area contributed by atoms with E-state index in [1.54, 1.807) is 33.9 Å². The molecule has 2 fully saturated rings. The SMILES string of the molecule is COC(=O)CC(O)C(=O)OC.CS(=O)(=O)O.Nc1ccn(Cc2ccccc2)n1.[2H]C([2H])(Br)CC(O)C([2H])([2H])Br.[2H]C([2H])(O)CC(O)C([2H])([2H])O.[2H]C1([2H])CC(=O)C([2H])([2H])N1c1ccn(Cc2ccccc2)n1.[2H]C1([2H])CC(O)C([2H])([2H])N1c1ccn(Cc2ccccc2)n1. The summed E-state index contributed by atoms with van der Waals surface area (Å²) < 4.78 is 156. The number of nitrogens with two attached hydrogens (primary N) is 1. The van der Waals surface area contributed by atoms with Crippen LogP contribution in [0.25, 0.3) is 0 Å². The number of ether oxygens (including phenoxy) is 2. The third-order valence-corrected chi connectivity index (χ3v) is 10.0. The molecular weight excluding hydrogens is 1180 g/mol. The molecule has 3 aromatic carbocycles. The average Bonchev–Trinajstić information content (AvgIpc) is 1.60. The maximum absolute atomic E-state index is 11.7. The molecule has 2 aliphatic rings. The molecule has 79 heavy (non-hydrogen) atoms. The number of nitrogens with zero attached hydrogens (tertiary/aromatic N) is 8. The van der Waals surface area contributed by atoms with Gasteiger partial charge in [-0.25, -0.2) is 4.79 Å². The van der Waals surface area contributed by atoms with Crippen LogP contribution in [0.4, 0.5) is 17.5 Å². The van der Waals surface area contributed by atoms with E-state index in [1.165, 1.54) is 18.7 Å². The molecule has 6 aromatic rings. The fraction of sp³-hybridized carbons (Fsp3) is 0.434. The van der Waals surface area contributed by atoms with Crippen LogP contribution in [0.15, 0.2) is 128 Å². The van der Waals surface area contributed by atoms with Crippen LogP contribution in [-0.2, 0) is 53.6 Å². The highest BCUT2D eigenvalue weighted by molar-refractivity contribution is 9.09. The van der Waals surface area contributed by atoms with E-state index in [0.29, 0.717) is 25.2 Å². The van der Waals surface area contributed by atoms with Crippen LogP contribution in [0, 0.1) is 0 Å². The van der Waals surface area contributed by atoms with Crippen LogP contribution in [0.5, 0.6) is 0 Å². The normalized spacial score (nSPS) is 20.8. The van der Waals surface area contributed by atoms with Crippen LogP contribution < -0.4 is 15.5 Å². The zero-order valence-electron chi connectivity index (χ0n) is 58.9. The molecule has 9 N–H and O–H groups in total. The second-order valence-corrected chi connectivity index (χ2v) is 18.2. The summed E-state index contributed by atoms with van der Waals surface area (Å²) in [6.45, 7) is -12.4. The van der Waals surface area contributed by atoms with E-state index in [0.717, 1.165) is 34.6 Å². The first-order chi connectivity index (χ1) is 43.3. The van der Waals surface area contributed by atoms with E-state index in [2.05, 4.69) is 68.8 Å². The Balaban J connectivity index is 0.000000394. The molecule has 4 atom stereocenters. The van der Waals surface area contributed by atoms with E-state index >= 15 is 0 Å². The number of rotatable bonds is 17. The zero-order valence-corrected chi connectivity index (χ0v) is 46.9. The lowest BCUT2D eigenvalue weighted by atomic mass is 10.2. The summed E-state index contributed by atoms with van der Waals surface area (Å²) in [4.78, 5) is 34.4. The molecule has 26 heteroatoms. The molecule has 0 radical (unpaired) electrons. The number of aromatic nitrogens is 6. The van der Waals surface area contributed by atoms with E-state index in [-0.39, 0.29) is 30.9 Å². The van der Waals surface area contributed by atoms with Gasteiger partial charge in [-0.3, -0.25) is 28.2 Å². The Morgan fingerprint density at radius 1 is 0.747 bits per heavy atom. The number of aliphatic hydroxyl groups excluding tert-OH is 4. The van der Waals surface area contributed by atoms with Crippen molar-refractivity contribution in [3.05, 3.63) is 144 Å². The van der Waals surface area contributed by atoms with Gasteiger partial charge in [0.25, 0.3) is 10.1 Å². The van der Waals surface area contributed by atoms with Crippen molar-refractivity contribution >= 4 is 77.2 Å². The molecule has 3 aromatic heterocycles. The van der Waals surface area contributed by atoms with Gasteiger partial charge in [-0.2, -0.15) is 23.7 Å². The minimum Gasteiger partial charge on any atom is -0.469 e. The summed E-state index contributed by atoms with van der Waals surface area (Å²) in [5.74, 6) is -1.39. The third kappa shape index (κ3) is 31.9. The lowest BCUT2D eigenvalue weighted by molar-refractivity contribution is -0.156. The van der Waals surface area contributed by atoms with E-state index in [9.17, 15) is 27.9 Å². The molecule has 8 rings (SSSR count). The van der Waals surface area contributed by atoms with Crippen molar-refractivity contribution < 1.29 is 89.4 Å². The van der Waals surface area contributed by atoms with Gasteiger partial charge < -0.3 is 55.6 Å². The van der Waals surface area contributed by atoms with Crippen molar-refractivity contribution in [2.24, 2.45) is 0 Å². The van der Waals surface area contributed by atoms with Crippen molar-refractivity contribution in [1.82, 2.24) is 29.3 Å². The molecule has 2 aliphatic heterocycles. The number of halogens is 2. The Hall–Kier alpha value is -6.07. The first kappa shape index (κ1) is 46.7. The Morgan fingerprint density at radius 3 is 1.54 bits per heavy atom. The van der Waals surface area contributed by atoms with Crippen molar-refractivity contribution in [3.63, 3.8) is 0 Å². The third-order valence-electron chi connectivity index (χ3n) is 9.18. The number of nitrogen functional groups attached to an aromatic ring is 1. The maximum atomic E-state index is 11.7. The molecule has 0 saturated carbocycles. The zero-order chi connectivity index (χ0) is 72.9. The number of carbonyl (C=O) groups is 3. The number of alkyl halides is 2. The van der Waals surface area contributed by atoms with Crippen LogP contribution in [-0.4, -0.2) is 185 Å².